The normalized spacial score (nSPS) is 20.7. The molecule has 2 rings (SSSR count). The van der Waals surface area contributed by atoms with Crippen molar-refractivity contribution in [1.29, 1.82) is 0 Å². The maximum absolute atomic E-state index is 5.62. The van der Waals surface area contributed by atoms with Crippen LogP contribution >= 0.6 is 0 Å². The Bertz CT molecular complexity index is 304. The first kappa shape index (κ1) is 11.4. The number of ether oxygens (including phenoxy) is 1. The third-order valence-corrected chi connectivity index (χ3v) is 2.90. The summed E-state index contributed by atoms with van der Waals surface area (Å²) in [6.45, 7) is 5.78. The highest BCUT2D eigenvalue weighted by molar-refractivity contribution is 5.44. The van der Waals surface area contributed by atoms with Crippen LogP contribution in [0.4, 0.5) is 5.69 Å². The molecule has 0 amide bonds. The molecule has 0 spiro atoms. The average Bonchev–Trinajstić information content (AvgIpc) is 2.38. The number of hydrogen-bond donors (Lipinski definition) is 2. The van der Waals surface area contributed by atoms with E-state index in [0.29, 0.717) is 6.10 Å². The van der Waals surface area contributed by atoms with Gasteiger partial charge in [-0.3, -0.25) is 0 Å². The van der Waals surface area contributed by atoms with Crippen molar-refractivity contribution in [3.63, 3.8) is 0 Å². The summed E-state index contributed by atoms with van der Waals surface area (Å²) >= 11 is 0. The number of hydrogen-bond acceptors (Lipinski definition) is 3. The Balaban J connectivity index is 1.79. The van der Waals surface area contributed by atoms with Gasteiger partial charge < -0.3 is 15.4 Å². The van der Waals surface area contributed by atoms with Crippen molar-refractivity contribution in [2.45, 2.75) is 19.4 Å². The van der Waals surface area contributed by atoms with E-state index in [-0.39, 0.29) is 0 Å². The lowest BCUT2D eigenvalue weighted by Crippen LogP contribution is -2.42. The fraction of sp³-hybridized carbons (Fsp3) is 0.538. The minimum atomic E-state index is 0.291. The molecule has 0 bridgehead atoms. The Hall–Kier alpha value is -1.06. The Labute approximate surface area is 97.2 Å². The van der Waals surface area contributed by atoms with Crippen LogP contribution in [0.2, 0.25) is 0 Å². The van der Waals surface area contributed by atoms with Gasteiger partial charge in [-0.15, -0.1) is 0 Å². The van der Waals surface area contributed by atoms with Gasteiger partial charge in [-0.05, 0) is 24.1 Å². The molecular formula is C13H20N2O. The van der Waals surface area contributed by atoms with E-state index >= 15 is 0 Å². The second-order valence-electron chi connectivity index (χ2n) is 4.13. The summed E-state index contributed by atoms with van der Waals surface area (Å²) in [4.78, 5) is 0. The molecule has 1 atom stereocenters. The maximum atomic E-state index is 5.62. The van der Waals surface area contributed by atoms with E-state index in [1.165, 1.54) is 11.3 Å². The molecule has 0 saturated carbocycles. The fourth-order valence-corrected chi connectivity index (χ4v) is 1.84. The van der Waals surface area contributed by atoms with Crippen LogP contribution in [0.25, 0.3) is 0 Å². The molecule has 1 fully saturated rings. The van der Waals surface area contributed by atoms with Crippen LogP contribution in [0.1, 0.15) is 12.5 Å². The van der Waals surface area contributed by atoms with E-state index in [9.17, 15) is 0 Å². The zero-order valence-corrected chi connectivity index (χ0v) is 9.83. The van der Waals surface area contributed by atoms with E-state index in [1.54, 1.807) is 0 Å². The van der Waals surface area contributed by atoms with E-state index in [1.807, 2.05) is 0 Å². The van der Waals surface area contributed by atoms with Crippen molar-refractivity contribution in [3.05, 3.63) is 29.8 Å². The molecule has 1 unspecified atom stereocenters. The van der Waals surface area contributed by atoms with E-state index in [4.69, 9.17) is 4.74 Å². The number of anilines is 1. The molecule has 1 aromatic carbocycles. The monoisotopic (exact) mass is 220 g/mol. The first-order valence-corrected chi connectivity index (χ1v) is 6.03. The van der Waals surface area contributed by atoms with Crippen LogP contribution in [0.5, 0.6) is 0 Å². The number of nitrogens with one attached hydrogen (secondary N) is 2. The quantitative estimate of drug-likeness (QED) is 0.809. The standard InChI is InChI=1S/C13H20N2O/c1-2-11-3-5-12(6-4-11)15-10-13-9-14-7-8-16-13/h3-6,13-15H,2,7-10H2,1H3. The van der Waals surface area contributed by atoms with Crippen LogP contribution in [0, 0.1) is 0 Å². The van der Waals surface area contributed by atoms with Gasteiger partial charge in [0.2, 0.25) is 0 Å². The average molecular weight is 220 g/mol. The van der Waals surface area contributed by atoms with Crippen LogP contribution in [0.15, 0.2) is 24.3 Å². The second kappa shape index (κ2) is 5.87. The molecule has 0 aromatic heterocycles. The molecule has 1 aromatic rings. The number of morpholine rings is 1. The van der Waals surface area contributed by atoms with Crippen LogP contribution in [0.3, 0.4) is 0 Å². The van der Waals surface area contributed by atoms with Gasteiger partial charge in [-0.2, -0.15) is 0 Å². The number of aryl methyl sites for hydroxylation is 1. The van der Waals surface area contributed by atoms with Gasteiger partial charge in [0.05, 0.1) is 12.7 Å². The summed E-state index contributed by atoms with van der Waals surface area (Å²) in [6.07, 6.45) is 1.38. The lowest BCUT2D eigenvalue weighted by Gasteiger charge is -2.24. The first-order valence-electron chi connectivity index (χ1n) is 6.03. The predicted molar refractivity (Wildman–Crippen MR) is 66.9 cm³/mol. The molecule has 0 aliphatic carbocycles. The molecule has 1 aliphatic rings. The van der Waals surface area contributed by atoms with Crippen molar-refractivity contribution >= 4 is 5.69 Å². The van der Waals surface area contributed by atoms with Gasteiger partial charge in [0.15, 0.2) is 0 Å². The molecule has 16 heavy (non-hydrogen) atoms. The molecule has 0 radical (unpaired) electrons. The second-order valence-corrected chi connectivity index (χ2v) is 4.13. The SMILES string of the molecule is CCc1ccc(NCC2CNCCO2)cc1. The summed E-state index contributed by atoms with van der Waals surface area (Å²) in [5, 5.41) is 6.73. The van der Waals surface area contributed by atoms with Crippen LogP contribution < -0.4 is 10.6 Å². The summed E-state index contributed by atoms with van der Waals surface area (Å²) in [5.74, 6) is 0. The summed E-state index contributed by atoms with van der Waals surface area (Å²) < 4.78 is 5.62. The van der Waals surface area contributed by atoms with E-state index < -0.39 is 0 Å². The third kappa shape index (κ3) is 3.22. The van der Waals surface area contributed by atoms with Gasteiger partial charge in [0.25, 0.3) is 0 Å². The van der Waals surface area contributed by atoms with Crippen molar-refractivity contribution in [3.8, 4) is 0 Å². The summed E-state index contributed by atoms with van der Waals surface area (Å²) in [6, 6.07) is 8.61. The van der Waals surface area contributed by atoms with Crippen molar-refractivity contribution in [2.75, 3.05) is 31.6 Å². The Kier molecular flexibility index (Phi) is 4.19. The largest absolute Gasteiger partial charge is 0.382 e. The van der Waals surface area contributed by atoms with Crippen LogP contribution in [-0.2, 0) is 11.2 Å². The number of benzene rings is 1. The minimum absolute atomic E-state index is 0.291. The maximum Gasteiger partial charge on any atom is 0.0872 e. The number of rotatable bonds is 4. The molecule has 2 N–H and O–H groups in total. The Morgan fingerprint density at radius 1 is 1.38 bits per heavy atom. The zero-order chi connectivity index (χ0) is 11.2. The van der Waals surface area contributed by atoms with Crippen molar-refractivity contribution < 1.29 is 4.74 Å². The molecule has 88 valence electrons. The first-order chi connectivity index (χ1) is 7.88. The fourth-order valence-electron chi connectivity index (χ4n) is 1.84. The third-order valence-electron chi connectivity index (χ3n) is 2.90. The van der Waals surface area contributed by atoms with Gasteiger partial charge in [-0.1, -0.05) is 19.1 Å². The summed E-state index contributed by atoms with van der Waals surface area (Å²) in [7, 11) is 0. The molecule has 1 aliphatic heterocycles. The summed E-state index contributed by atoms with van der Waals surface area (Å²) in [5.41, 5.74) is 2.55. The Morgan fingerprint density at radius 3 is 2.81 bits per heavy atom. The smallest absolute Gasteiger partial charge is 0.0872 e. The Morgan fingerprint density at radius 2 is 2.19 bits per heavy atom. The van der Waals surface area contributed by atoms with Gasteiger partial charge in [-0.25, -0.2) is 0 Å². The van der Waals surface area contributed by atoms with Gasteiger partial charge in [0, 0.05) is 25.3 Å². The highest BCUT2D eigenvalue weighted by atomic mass is 16.5. The van der Waals surface area contributed by atoms with Gasteiger partial charge in [0.1, 0.15) is 0 Å². The van der Waals surface area contributed by atoms with E-state index in [0.717, 1.165) is 32.7 Å². The molecule has 1 saturated heterocycles. The van der Waals surface area contributed by atoms with Gasteiger partial charge >= 0.3 is 0 Å². The van der Waals surface area contributed by atoms with Crippen molar-refractivity contribution in [1.82, 2.24) is 5.32 Å². The molecule has 3 heteroatoms. The minimum Gasteiger partial charge on any atom is -0.382 e. The van der Waals surface area contributed by atoms with Crippen molar-refractivity contribution in [2.24, 2.45) is 0 Å². The molecule has 1 heterocycles. The molecular weight excluding hydrogens is 200 g/mol. The van der Waals surface area contributed by atoms with Crippen LogP contribution in [-0.4, -0.2) is 32.3 Å². The lowest BCUT2D eigenvalue weighted by molar-refractivity contribution is 0.0372. The topological polar surface area (TPSA) is 33.3 Å². The zero-order valence-electron chi connectivity index (χ0n) is 9.83. The highest BCUT2D eigenvalue weighted by Crippen LogP contribution is 2.10. The molecule has 3 nitrogen and oxygen atoms in total. The highest BCUT2D eigenvalue weighted by Gasteiger charge is 2.12. The predicted octanol–water partition coefficient (Wildman–Crippen LogP) is 1.65. The van der Waals surface area contributed by atoms with E-state index in [2.05, 4.69) is 41.8 Å². The lowest BCUT2D eigenvalue weighted by atomic mass is 10.1.